The molecule has 2 aliphatic carbocycles. The lowest BCUT2D eigenvalue weighted by Crippen LogP contribution is -2.45. The number of thiazole rings is 1. The topological polar surface area (TPSA) is 62.2 Å². The van der Waals surface area contributed by atoms with E-state index in [4.69, 9.17) is 0 Å². The number of hydrogen-bond acceptors (Lipinski definition) is 4. The first-order chi connectivity index (χ1) is 10.3. The molecule has 1 unspecified atom stereocenters. The van der Waals surface area contributed by atoms with Crippen LogP contribution in [0.15, 0.2) is 5.51 Å². The smallest absolute Gasteiger partial charge is 0.228 e. The third-order valence-corrected chi connectivity index (χ3v) is 5.94. The molecule has 116 valence electrons. The molecule has 2 N–H and O–H groups in total. The zero-order valence-corrected chi connectivity index (χ0v) is 13.2. The van der Waals surface area contributed by atoms with E-state index in [9.17, 15) is 9.90 Å². The molecule has 4 nitrogen and oxygen atoms in total. The highest BCUT2D eigenvalue weighted by molar-refractivity contribution is 7.10. The molecule has 2 aliphatic rings. The number of nitrogens with zero attached hydrogens (tertiary/aromatic N) is 1. The van der Waals surface area contributed by atoms with Gasteiger partial charge in [0.25, 0.3) is 0 Å². The summed E-state index contributed by atoms with van der Waals surface area (Å²) in [6, 6.07) is -0.0731. The van der Waals surface area contributed by atoms with Crippen molar-refractivity contribution in [3.05, 3.63) is 16.1 Å². The molecular weight excluding hydrogens is 284 g/mol. The van der Waals surface area contributed by atoms with Crippen molar-refractivity contribution in [1.82, 2.24) is 10.3 Å². The molecule has 1 amide bonds. The van der Waals surface area contributed by atoms with Crippen LogP contribution in [0.4, 0.5) is 0 Å². The fourth-order valence-electron chi connectivity index (χ4n) is 3.74. The normalized spacial score (nSPS) is 24.3. The lowest BCUT2D eigenvalue weighted by atomic mass is 9.83. The minimum Gasteiger partial charge on any atom is -0.394 e. The van der Waals surface area contributed by atoms with E-state index in [1.165, 1.54) is 19.3 Å². The summed E-state index contributed by atoms with van der Waals surface area (Å²) in [5.74, 6) is 0.473. The number of amides is 1. The molecule has 0 aliphatic heterocycles. The number of hydrogen-bond donors (Lipinski definition) is 2. The molecule has 0 spiro atoms. The predicted molar refractivity (Wildman–Crippen MR) is 83.4 cm³/mol. The van der Waals surface area contributed by atoms with E-state index in [1.54, 1.807) is 11.3 Å². The van der Waals surface area contributed by atoms with Gasteiger partial charge in [-0.3, -0.25) is 4.79 Å². The molecule has 3 rings (SSSR count). The SMILES string of the molecule is O=C(N[C@H](CO)C1CCCCC1)C1CCCc2ncsc21. The van der Waals surface area contributed by atoms with Crippen LogP contribution < -0.4 is 5.32 Å². The highest BCUT2D eigenvalue weighted by atomic mass is 32.1. The van der Waals surface area contributed by atoms with E-state index in [0.717, 1.165) is 42.7 Å². The summed E-state index contributed by atoms with van der Waals surface area (Å²) in [6.45, 7) is 0.0542. The van der Waals surface area contributed by atoms with Gasteiger partial charge in [0.2, 0.25) is 5.91 Å². The van der Waals surface area contributed by atoms with Crippen molar-refractivity contribution in [2.24, 2.45) is 5.92 Å². The summed E-state index contributed by atoms with van der Waals surface area (Å²) >= 11 is 1.60. The summed E-state index contributed by atoms with van der Waals surface area (Å²) in [5, 5.41) is 12.8. The standard InChI is InChI=1S/C16H24N2O2S/c19-9-14(11-5-2-1-3-6-11)18-16(20)12-7-4-8-13-15(12)21-10-17-13/h10-12,14,19H,1-9H2,(H,18,20)/t12?,14-/m1/s1. The van der Waals surface area contributed by atoms with Crippen LogP contribution in [0, 0.1) is 5.92 Å². The Balaban J connectivity index is 1.65. The van der Waals surface area contributed by atoms with E-state index in [0.29, 0.717) is 5.92 Å². The Bertz CT molecular complexity index is 482. The van der Waals surface area contributed by atoms with E-state index in [1.807, 2.05) is 5.51 Å². The number of aromatic nitrogens is 1. The Morgan fingerprint density at radius 1 is 1.33 bits per heavy atom. The molecule has 1 aromatic heterocycles. The second-order valence-electron chi connectivity index (χ2n) is 6.30. The van der Waals surface area contributed by atoms with Gasteiger partial charge in [-0.1, -0.05) is 19.3 Å². The fourth-order valence-corrected chi connectivity index (χ4v) is 4.71. The van der Waals surface area contributed by atoms with Crippen molar-refractivity contribution >= 4 is 17.2 Å². The zero-order chi connectivity index (χ0) is 14.7. The number of aliphatic hydroxyl groups is 1. The van der Waals surface area contributed by atoms with Crippen molar-refractivity contribution in [3.8, 4) is 0 Å². The van der Waals surface area contributed by atoms with Crippen LogP contribution in [0.1, 0.15) is 61.4 Å². The minimum absolute atomic E-state index is 0.0542. The van der Waals surface area contributed by atoms with E-state index < -0.39 is 0 Å². The van der Waals surface area contributed by atoms with Crippen LogP contribution in [0.25, 0.3) is 0 Å². The van der Waals surface area contributed by atoms with Gasteiger partial charge < -0.3 is 10.4 Å². The van der Waals surface area contributed by atoms with Crippen LogP contribution in [0.5, 0.6) is 0 Å². The highest BCUT2D eigenvalue weighted by Crippen LogP contribution is 2.34. The Morgan fingerprint density at radius 3 is 2.90 bits per heavy atom. The minimum atomic E-state index is -0.0731. The first kappa shape index (κ1) is 15.0. The van der Waals surface area contributed by atoms with Gasteiger partial charge >= 0.3 is 0 Å². The van der Waals surface area contributed by atoms with Gasteiger partial charge in [-0.05, 0) is 38.0 Å². The number of rotatable bonds is 4. The molecule has 0 bridgehead atoms. The number of aryl methyl sites for hydroxylation is 1. The van der Waals surface area contributed by atoms with E-state index >= 15 is 0 Å². The van der Waals surface area contributed by atoms with Crippen molar-refractivity contribution in [3.63, 3.8) is 0 Å². The third kappa shape index (κ3) is 3.29. The summed E-state index contributed by atoms with van der Waals surface area (Å²) in [7, 11) is 0. The van der Waals surface area contributed by atoms with Crippen LogP contribution in [-0.2, 0) is 11.2 Å². The van der Waals surface area contributed by atoms with Crippen LogP contribution in [0.3, 0.4) is 0 Å². The van der Waals surface area contributed by atoms with Gasteiger partial charge in [-0.25, -0.2) is 4.98 Å². The van der Waals surface area contributed by atoms with Crippen molar-refractivity contribution in [1.29, 1.82) is 0 Å². The Morgan fingerprint density at radius 2 is 2.14 bits per heavy atom. The molecule has 21 heavy (non-hydrogen) atoms. The van der Waals surface area contributed by atoms with Gasteiger partial charge in [0, 0.05) is 4.88 Å². The first-order valence-corrected chi connectivity index (χ1v) is 9.01. The van der Waals surface area contributed by atoms with E-state index in [-0.39, 0.29) is 24.5 Å². The first-order valence-electron chi connectivity index (χ1n) is 8.13. The third-order valence-electron chi connectivity index (χ3n) is 4.96. The Hall–Kier alpha value is -0.940. The monoisotopic (exact) mass is 308 g/mol. The quantitative estimate of drug-likeness (QED) is 0.899. The van der Waals surface area contributed by atoms with Crippen LogP contribution >= 0.6 is 11.3 Å². The van der Waals surface area contributed by atoms with Crippen LogP contribution in [-0.4, -0.2) is 28.6 Å². The lowest BCUT2D eigenvalue weighted by molar-refractivity contribution is -0.124. The number of aliphatic hydroxyl groups excluding tert-OH is 1. The molecule has 0 aromatic carbocycles. The van der Waals surface area contributed by atoms with Gasteiger partial charge in [0.1, 0.15) is 0 Å². The molecule has 1 heterocycles. The largest absolute Gasteiger partial charge is 0.394 e. The number of fused-ring (bicyclic) bond motifs is 1. The molecule has 1 saturated carbocycles. The van der Waals surface area contributed by atoms with Gasteiger partial charge in [-0.15, -0.1) is 11.3 Å². The molecule has 1 fully saturated rings. The molecule has 5 heteroatoms. The number of carbonyl (C=O) groups is 1. The van der Waals surface area contributed by atoms with Crippen molar-refractivity contribution in [2.75, 3.05) is 6.61 Å². The molecule has 2 atom stereocenters. The maximum absolute atomic E-state index is 12.6. The summed E-state index contributed by atoms with van der Waals surface area (Å²) in [6.07, 6.45) is 8.92. The highest BCUT2D eigenvalue weighted by Gasteiger charge is 2.31. The van der Waals surface area contributed by atoms with Gasteiger partial charge in [0.15, 0.2) is 0 Å². The summed E-state index contributed by atoms with van der Waals surface area (Å²) in [5.41, 5.74) is 2.95. The summed E-state index contributed by atoms with van der Waals surface area (Å²) < 4.78 is 0. The number of nitrogens with one attached hydrogen (secondary N) is 1. The lowest BCUT2D eigenvalue weighted by Gasteiger charge is -2.31. The van der Waals surface area contributed by atoms with Gasteiger partial charge in [-0.2, -0.15) is 0 Å². The maximum Gasteiger partial charge on any atom is 0.228 e. The Kier molecular flexibility index (Phi) is 4.91. The van der Waals surface area contributed by atoms with Crippen molar-refractivity contribution in [2.45, 2.75) is 63.3 Å². The van der Waals surface area contributed by atoms with E-state index in [2.05, 4.69) is 10.3 Å². The average Bonchev–Trinajstić information content (AvgIpc) is 3.01. The molecule has 1 aromatic rings. The summed E-state index contributed by atoms with van der Waals surface area (Å²) in [4.78, 5) is 18.1. The second-order valence-corrected chi connectivity index (χ2v) is 7.19. The predicted octanol–water partition coefficient (Wildman–Crippen LogP) is 2.62. The molecular formula is C16H24N2O2S. The van der Waals surface area contributed by atoms with Crippen LogP contribution in [0.2, 0.25) is 0 Å². The fraction of sp³-hybridized carbons (Fsp3) is 0.750. The number of carbonyl (C=O) groups excluding carboxylic acids is 1. The molecule has 0 saturated heterocycles. The molecule has 0 radical (unpaired) electrons. The Labute approximate surface area is 130 Å². The van der Waals surface area contributed by atoms with Gasteiger partial charge in [0.05, 0.1) is 29.8 Å². The zero-order valence-electron chi connectivity index (χ0n) is 12.4. The maximum atomic E-state index is 12.6. The second kappa shape index (κ2) is 6.88. The van der Waals surface area contributed by atoms with Crippen molar-refractivity contribution < 1.29 is 9.90 Å². The average molecular weight is 308 g/mol.